The first-order valence-corrected chi connectivity index (χ1v) is 21.5. The molecule has 1 aromatic heterocycles. The van der Waals surface area contributed by atoms with E-state index in [1.165, 1.54) is 0 Å². The summed E-state index contributed by atoms with van der Waals surface area (Å²) in [5.74, 6) is 0. The van der Waals surface area contributed by atoms with Crippen LogP contribution in [-0.2, 0) is 13.6 Å². The number of benzene rings is 6. The summed E-state index contributed by atoms with van der Waals surface area (Å²) in [6.45, 7) is 4.96. The lowest BCUT2D eigenvalue weighted by Crippen LogP contribution is -2.12. The predicted molar refractivity (Wildman–Crippen MR) is 234 cm³/mol. The highest BCUT2D eigenvalue weighted by Crippen LogP contribution is 2.53. The second-order valence-electron chi connectivity index (χ2n) is 13.3. The third-order valence-corrected chi connectivity index (χ3v) is 12.8. The van der Waals surface area contributed by atoms with Crippen LogP contribution in [0.3, 0.4) is 0 Å². The van der Waals surface area contributed by atoms with Crippen molar-refractivity contribution in [1.82, 2.24) is 0 Å². The first kappa shape index (κ1) is 38.1. The molecule has 7 aromatic rings. The minimum Gasteiger partial charge on any atom is -0.311 e. The van der Waals surface area contributed by atoms with E-state index in [0.717, 1.165) is 80.7 Å². The Hall–Kier alpha value is -5.23. The number of para-hydroxylation sites is 4. The minimum atomic E-state index is -3.67. The number of anilines is 6. The van der Waals surface area contributed by atoms with Crippen LogP contribution in [0, 0.1) is 0 Å². The highest BCUT2D eigenvalue weighted by atomic mass is 32.1. The molecule has 0 aliphatic carbocycles. The second kappa shape index (κ2) is 18.4. The van der Waals surface area contributed by atoms with Crippen molar-refractivity contribution in [3.63, 3.8) is 0 Å². The topological polar surface area (TPSA) is 42.0 Å². The zero-order chi connectivity index (χ0) is 37.9. The zero-order valence-corrected chi connectivity index (χ0v) is 33.2. The van der Waals surface area contributed by atoms with E-state index in [2.05, 4.69) is 169 Å². The highest BCUT2D eigenvalue weighted by molar-refractivity contribution is 7.63. The van der Waals surface area contributed by atoms with E-state index in [1.54, 1.807) is 11.3 Å². The van der Waals surface area contributed by atoms with E-state index in [9.17, 15) is 4.57 Å². The third-order valence-electron chi connectivity index (χ3n) is 9.38. The molecule has 7 heteroatoms. The monoisotopic (exact) mass is 762 g/mol. The molecule has 0 fully saturated rings. The summed E-state index contributed by atoms with van der Waals surface area (Å²) < 4.78 is 27.5. The average molecular weight is 763 g/mol. The fourth-order valence-corrected chi connectivity index (χ4v) is 9.89. The van der Waals surface area contributed by atoms with Crippen molar-refractivity contribution in [2.75, 3.05) is 23.0 Å². The largest absolute Gasteiger partial charge is 0.362 e. The van der Waals surface area contributed by atoms with Gasteiger partial charge in [-0.1, -0.05) is 124 Å². The zero-order valence-electron chi connectivity index (χ0n) is 31.5. The molecule has 0 unspecified atom stereocenters. The second-order valence-corrected chi connectivity index (χ2v) is 16.3. The Bertz CT molecular complexity index is 2170. The van der Waals surface area contributed by atoms with E-state index >= 15 is 0 Å². The standard InChI is InChI=1S/C48H47N2O3PS/c1-3-5-35-52-54(51,53-36-6-4-2)46-37-47(38-27-31-44(32-28-38)49(40-19-11-7-12-20-40)41-21-13-8-14-22-41)55-48(46)39-29-33-45(34-30-39)50(42-23-15-9-16-24-42)43-25-17-10-18-26-43/h7-34,37H,3-6,35-36H2,1-2H3. The van der Waals surface area contributed by atoms with Crippen LogP contribution in [0.5, 0.6) is 0 Å². The smallest absolute Gasteiger partial charge is 0.311 e. The van der Waals surface area contributed by atoms with Crippen molar-refractivity contribution < 1.29 is 13.6 Å². The van der Waals surface area contributed by atoms with Gasteiger partial charge < -0.3 is 18.8 Å². The lowest BCUT2D eigenvalue weighted by molar-refractivity contribution is 0.209. The van der Waals surface area contributed by atoms with Crippen molar-refractivity contribution in [2.24, 2.45) is 0 Å². The van der Waals surface area contributed by atoms with Crippen LogP contribution in [0.25, 0.3) is 20.9 Å². The molecule has 0 N–H and O–H groups in total. The normalized spacial score (nSPS) is 11.4. The van der Waals surface area contributed by atoms with Gasteiger partial charge in [0.25, 0.3) is 0 Å². The summed E-state index contributed by atoms with van der Waals surface area (Å²) in [6, 6.07) is 60.7. The molecule has 0 radical (unpaired) electrons. The fraction of sp³-hybridized carbons (Fsp3) is 0.167. The van der Waals surface area contributed by atoms with Crippen LogP contribution in [0.15, 0.2) is 176 Å². The van der Waals surface area contributed by atoms with Crippen LogP contribution in [0.4, 0.5) is 34.1 Å². The SMILES string of the molecule is CCCCOP(=O)(OCCCC)c1cc(-c2ccc(N(c3ccccc3)c3ccccc3)cc2)sc1-c1ccc(N(c2ccccc2)c2ccccc2)cc1. The van der Waals surface area contributed by atoms with Crippen molar-refractivity contribution in [3.05, 3.63) is 176 Å². The quantitative estimate of drug-likeness (QED) is 0.0683. The summed E-state index contributed by atoms with van der Waals surface area (Å²) in [5, 5.41) is 0.620. The van der Waals surface area contributed by atoms with Crippen molar-refractivity contribution in [1.29, 1.82) is 0 Å². The lowest BCUT2D eigenvalue weighted by atomic mass is 10.1. The van der Waals surface area contributed by atoms with Gasteiger partial charge in [0.1, 0.15) is 0 Å². The van der Waals surface area contributed by atoms with Gasteiger partial charge in [-0.3, -0.25) is 4.57 Å². The molecule has 0 amide bonds. The van der Waals surface area contributed by atoms with Gasteiger partial charge in [0.05, 0.1) is 23.4 Å². The number of nitrogens with zero attached hydrogens (tertiary/aromatic N) is 2. The molecule has 7 rings (SSSR count). The maximum Gasteiger partial charge on any atom is 0.362 e. The molecule has 0 bridgehead atoms. The van der Waals surface area contributed by atoms with Crippen LogP contribution in [-0.4, -0.2) is 13.2 Å². The Kier molecular flexibility index (Phi) is 12.7. The molecule has 6 aromatic carbocycles. The Balaban J connectivity index is 1.29. The molecule has 0 spiro atoms. The van der Waals surface area contributed by atoms with Crippen LogP contribution in [0.1, 0.15) is 39.5 Å². The Morgan fingerprint density at radius 1 is 0.473 bits per heavy atom. The predicted octanol–water partition coefficient (Wildman–Crippen LogP) is 14.5. The first-order chi connectivity index (χ1) is 27.1. The van der Waals surface area contributed by atoms with Gasteiger partial charge in [0, 0.05) is 39.0 Å². The van der Waals surface area contributed by atoms with Crippen LogP contribution in [0.2, 0.25) is 0 Å². The molecule has 278 valence electrons. The number of hydrogen-bond acceptors (Lipinski definition) is 6. The molecule has 0 atom stereocenters. The average Bonchev–Trinajstić information content (AvgIpc) is 3.70. The highest BCUT2D eigenvalue weighted by Gasteiger charge is 2.33. The van der Waals surface area contributed by atoms with Crippen molar-refractivity contribution in [3.8, 4) is 20.9 Å². The molecular formula is C48H47N2O3PS. The molecule has 5 nitrogen and oxygen atoms in total. The minimum absolute atomic E-state index is 0.371. The lowest BCUT2D eigenvalue weighted by Gasteiger charge is -2.25. The van der Waals surface area contributed by atoms with Crippen LogP contribution >= 0.6 is 18.9 Å². The van der Waals surface area contributed by atoms with E-state index in [0.29, 0.717) is 18.5 Å². The number of thiophene rings is 1. The van der Waals surface area contributed by atoms with Gasteiger partial charge in [-0.15, -0.1) is 11.3 Å². The fourth-order valence-electron chi connectivity index (χ4n) is 6.51. The molecule has 0 saturated carbocycles. The summed E-state index contributed by atoms with van der Waals surface area (Å²) in [7, 11) is -3.67. The van der Waals surface area contributed by atoms with E-state index < -0.39 is 7.60 Å². The maximum atomic E-state index is 15.0. The number of unbranched alkanes of at least 4 members (excludes halogenated alkanes) is 2. The molecule has 55 heavy (non-hydrogen) atoms. The van der Waals surface area contributed by atoms with Crippen molar-refractivity contribution in [2.45, 2.75) is 39.5 Å². The summed E-state index contributed by atoms with van der Waals surface area (Å²) in [5.41, 5.74) is 8.37. The van der Waals surface area contributed by atoms with Gasteiger partial charge in [-0.2, -0.15) is 0 Å². The van der Waals surface area contributed by atoms with Crippen LogP contribution < -0.4 is 15.1 Å². The Morgan fingerprint density at radius 3 is 1.18 bits per heavy atom. The molecule has 0 aliphatic rings. The molecular weight excluding hydrogens is 716 g/mol. The first-order valence-electron chi connectivity index (χ1n) is 19.1. The van der Waals surface area contributed by atoms with Gasteiger partial charge in [0.2, 0.25) is 0 Å². The summed E-state index contributed by atoms with van der Waals surface area (Å²) in [6.07, 6.45) is 3.48. The van der Waals surface area contributed by atoms with E-state index in [1.807, 2.05) is 30.3 Å². The van der Waals surface area contributed by atoms with Gasteiger partial charge in [0.15, 0.2) is 0 Å². The molecule has 0 aliphatic heterocycles. The van der Waals surface area contributed by atoms with E-state index in [4.69, 9.17) is 9.05 Å². The molecule has 1 heterocycles. The Labute approximate surface area is 330 Å². The van der Waals surface area contributed by atoms with Gasteiger partial charge in [-0.05, 0) is 103 Å². The van der Waals surface area contributed by atoms with Gasteiger partial charge in [-0.25, -0.2) is 0 Å². The Morgan fingerprint density at radius 2 is 0.818 bits per heavy atom. The van der Waals surface area contributed by atoms with Crippen molar-refractivity contribution >= 4 is 58.4 Å². The summed E-state index contributed by atoms with van der Waals surface area (Å²) in [4.78, 5) is 6.39. The maximum absolute atomic E-state index is 15.0. The molecule has 0 saturated heterocycles. The number of hydrogen-bond donors (Lipinski definition) is 0. The summed E-state index contributed by atoms with van der Waals surface area (Å²) >= 11 is 1.63. The van der Waals surface area contributed by atoms with E-state index in [-0.39, 0.29) is 0 Å². The number of rotatable bonds is 17. The van der Waals surface area contributed by atoms with Gasteiger partial charge >= 0.3 is 7.60 Å². The third kappa shape index (κ3) is 9.02.